The molecule has 82 valence electrons. The molecule has 0 saturated carbocycles. The normalized spacial score (nSPS) is 26.3. The summed E-state index contributed by atoms with van der Waals surface area (Å²) in [6.07, 6.45) is 3.18. The van der Waals surface area contributed by atoms with Gasteiger partial charge >= 0.3 is 0 Å². The molecule has 1 aromatic heterocycles. The molecule has 0 spiro atoms. The first-order valence-corrected chi connectivity index (χ1v) is 5.50. The number of hydrogen-bond acceptors (Lipinski definition) is 3. The van der Waals surface area contributed by atoms with Crippen LogP contribution in [0.15, 0.2) is 18.3 Å². The number of rotatable bonds is 2. The van der Waals surface area contributed by atoms with Crippen LogP contribution in [0.5, 0.6) is 5.88 Å². The highest BCUT2D eigenvalue weighted by Gasteiger charge is 2.20. The number of methoxy groups -OCH3 is 1. The third-order valence-corrected chi connectivity index (χ3v) is 3.01. The summed E-state index contributed by atoms with van der Waals surface area (Å²) >= 11 is 0. The highest BCUT2D eigenvalue weighted by Crippen LogP contribution is 2.26. The molecule has 1 saturated heterocycles. The van der Waals surface area contributed by atoms with Gasteiger partial charge in [-0.2, -0.15) is 0 Å². The van der Waals surface area contributed by atoms with Crippen LogP contribution < -0.4 is 10.1 Å². The van der Waals surface area contributed by atoms with Gasteiger partial charge in [-0.1, -0.05) is 13.0 Å². The summed E-state index contributed by atoms with van der Waals surface area (Å²) in [7, 11) is 1.65. The highest BCUT2D eigenvalue weighted by atomic mass is 16.5. The third kappa shape index (κ3) is 2.48. The van der Waals surface area contributed by atoms with Gasteiger partial charge in [0, 0.05) is 18.8 Å². The van der Waals surface area contributed by atoms with Gasteiger partial charge in [-0.25, -0.2) is 4.98 Å². The van der Waals surface area contributed by atoms with E-state index in [1.54, 1.807) is 7.11 Å². The number of nitrogens with zero attached hydrogens (tertiary/aromatic N) is 1. The average molecular weight is 206 g/mol. The molecule has 0 radical (unpaired) electrons. The molecule has 2 heterocycles. The Kier molecular flexibility index (Phi) is 3.21. The largest absolute Gasteiger partial charge is 0.481 e. The van der Waals surface area contributed by atoms with E-state index in [0.717, 1.165) is 19.0 Å². The molecule has 3 nitrogen and oxygen atoms in total. The van der Waals surface area contributed by atoms with E-state index in [4.69, 9.17) is 4.74 Å². The van der Waals surface area contributed by atoms with Crippen LogP contribution in [0.2, 0.25) is 0 Å². The van der Waals surface area contributed by atoms with Crippen molar-refractivity contribution in [2.24, 2.45) is 5.92 Å². The Hall–Kier alpha value is -1.09. The smallest absolute Gasteiger partial charge is 0.212 e. The van der Waals surface area contributed by atoms with Crippen LogP contribution in [0, 0.1) is 5.92 Å². The molecule has 2 atom stereocenters. The Balaban J connectivity index is 2.07. The van der Waals surface area contributed by atoms with Gasteiger partial charge in [0.05, 0.1) is 7.11 Å². The average Bonchev–Trinajstić information content (AvgIpc) is 2.29. The Labute approximate surface area is 90.9 Å². The van der Waals surface area contributed by atoms with Crippen LogP contribution in [0.1, 0.15) is 24.8 Å². The van der Waals surface area contributed by atoms with Crippen molar-refractivity contribution < 1.29 is 4.74 Å². The lowest BCUT2D eigenvalue weighted by Gasteiger charge is -2.27. The zero-order chi connectivity index (χ0) is 10.7. The van der Waals surface area contributed by atoms with Gasteiger partial charge in [-0.05, 0) is 30.4 Å². The second-order valence-corrected chi connectivity index (χ2v) is 4.33. The van der Waals surface area contributed by atoms with Crippen molar-refractivity contribution in [2.75, 3.05) is 20.2 Å². The highest BCUT2D eigenvalue weighted by molar-refractivity contribution is 5.22. The zero-order valence-corrected chi connectivity index (χ0v) is 9.36. The van der Waals surface area contributed by atoms with Crippen LogP contribution >= 0.6 is 0 Å². The van der Waals surface area contributed by atoms with Crippen LogP contribution in [-0.4, -0.2) is 25.2 Å². The molecular weight excluding hydrogens is 188 g/mol. The molecule has 0 aromatic carbocycles. The van der Waals surface area contributed by atoms with Gasteiger partial charge in [0.2, 0.25) is 5.88 Å². The van der Waals surface area contributed by atoms with Crippen molar-refractivity contribution in [2.45, 2.75) is 19.3 Å². The number of piperidine rings is 1. The standard InChI is InChI=1S/C12H18N2O/c1-9-5-11(7-13-6-9)10-3-4-12(15-2)14-8-10/h3-4,8-9,11,13H,5-7H2,1-2H3. The molecule has 0 aliphatic carbocycles. The van der Waals surface area contributed by atoms with Gasteiger partial charge in [0.1, 0.15) is 0 Å². The van der Waals surface area contributed by atoms with E-state index < -0.39 is 0 Å². The van der Waals surface area contributed by atoms with E-state index in [-0.39, 0.29) is 0 Å². The number of hydrogen-bond donors (Lipinski definition) is 1. The van der Waals surface area contributed by atoms with E-state index in [2.05, 4.69) is 23.3 Å². The van der Waals surface area contributed by atoms with Crippen molar-refractivity contribution in [1.29, 1.82) is 0 Å². The van der Waals surface area contributed by atoms with E-state index in [1.165, 1.54) is 12.0 Å². The molecular formula is C12H18N2O. The lowest BCUT2D eigenvalue weighted by Crippen LogP contribution is -2.33. The van der Waals surface area contributed by atoms with E-state index in [0.29, 0.717) is 11.8 Å². The molecule has 15 heavy (non-hydrogen) atoms. The summed E-state index contributed by atoms with van der Waals surface area (Å²) in [5, 5.41) is 3.45. The lowest BCUT2D eigenvalue weighted by molar-refractivity contribution is 0.362. The molecule has 1 aliphatic rings. The monoisotopic (exact) mass is 206 g/mol. The maximum atomic E-state index is 5.05. The van der Waals surface area contributed by atoms with Crippen molar-refractivity contribution in [3.63, 3.8) is 0 Å². The maximum Gasteiger partial charge on any atom is 0.212 e. The topological polar surface area (TPSA) is 34.1 Å². The minimum Gasteiger partial charge on any atom is -0.481 e. The van der Waals surface area contributed by atoms with Gasteiger partial charge in [-0.3, -0.25) is 0 Å². The van der Waals surface area contributed by atoms with E-state index >= 15 is 0 Å². The number of ether oxygens (including phenoxy) is 1. The van der Waals surface area contributed by atoms with Gasteiger partial charge in [-0.15, -0.1) is 0 Å². The summed E-state index contributed by atoms with van der Waals surface area (Å²) in [5.74, 6) is 2.05. The van der Waals surface area contributed by atoms with E-state index in [9.17, 15) is 0 Å². The van der Waals surface area contributed by atoms with Crippen LogP contribution in [-0.2, 0) is 0 Å². The molecule has 3 heteroatoms. The van der Waals surface area contributed by atoms with E-state index in [1.807, 2.05) is 12.3 Å². The predicted molar refractivity (Wildman–Crippen MR) is 60.2 cm³/mol. The first kappa shape index (κ1) is 10.4. The van der Waals surface area contributed by atoms with Gasteiger partial charge in [0.25, 0.3) is 0 Å². The SMILES string of the molecule is COc1ccc(C2CNCC(C)C2)cn1. The maximum absolute atomic E-state index is 5.05. The van der Waals surface area contributed by atoms with Gasteiger partial charge < -0.3 is 10.1 Å². The Morgan fingerprint density at radius 2 is 2.27 bits per heavy atom. The van der Waals surface area contributed by atoms with Crippen molar-refractivity contribution in [3.8, 4) is 5.88 Å². The predicted octanol–water partition coefficient (Wildman–Crippen LogP) is 1.80. The molecule has 1 N–H and O–H groups in total. The molecule has 1 aromatic rings. The minimum atomic E-state index is 0.604. The summed E-state index contributed by atoms with van der Waals surface area (Å²) in [6.45, 7) is 4.49. The molecule has 1 fully saturated rings. The first-order chi connectivity index (χ1) is 7.29. The fourth-order valence-corrected chi connectivity index (χ4v) is 2.16. The first-order valence-electron chi connectivity index (χ1n) is 5.50. The second kappa shape index (κ2) is 4.62. The fraction of sp³-hybridized carbons (Fsp3) is 0.583. The number of pyridine rings is 1. The number of aromatic nitrogens is 1. The summed E-state index contributed by atoms with van der Waals surface area (Å²) in [4.78, 5) is 4.25. The third-order valence-electron chi connectivity index (χ3n) is 3.01. The molecule has 2 rings (SSSR count). The number of nitrogens with one attached hydrogen (secondary N) is 1. The molecule has 0 amide bonds. The lowest BCUT2D eigenvalue weighted by atomic mass is 9.87. The van der Waals surface area contributed by atoms with Gasteiger partial charge in [0.15, 0.2) is 0 Å². The molecule has 0 bridgehead atoms. The Morgan fingerprint density at radius 3 is 2.87 bits per heavy atom. The van der Waals surface area contributed by atoms with Crippen LogP contribution in [0.3, 0.4) is 0 Å². The molecule has 2 unspecified atom stereocenters. The molecule has 1 aliphatic heterocycles. The minimum absolute atomic E-state index is 0.604. The van der Waals surface area contributed by atoms with Crippen molar-refractivity contribution >= 4 is 0 Å². The van der Waals surface area contributed by atoms with Crippen molar-refractivity contribution in [3.05, 3.63) is 23.9 Å². The Bertz CT molecular complexity index is 310. The summed E-state index contributed by atoms with van der Waals surface area (Å²) in [5.41, 5.74) is 1.31. The second-order valence-electron chi connectivity index (χ2n) is 4.33. The fourth-order valence-electron chi connectivity index (χ4n) is 2.16. The summed E-state index contributed by atoms with van der Waals surface area (Å²) in [6, 6.07) is 4.06. The Morgan fingerprint density at radius 1 is 1.40 bits per heavy atom. The quantitative estimate of drug-likeness (QED) is 0.801. The van der Waals surface area contributed by atoms with Crippen molar-refractivity contribution in [1.82, 2.24) is 10.3 Å². The van der Waals surface area contributed by atoms with Crippen LogP contribution in [0.25, 0.3) is 0 Å². The summed E-state index contributed by atoms with van der Waals surface area (Å²) < 4.78 is 5.05. The zero-order valence-electron chi connectivity index (χ0n) is 9.36. The van der Waals surface area contributed by atoms with Crippen LogP contribution in [0.4, 0.5) is 0 Å².